The number of nitrogens with zero attached hydrogens (tertiary/aromatic N) is 2. The predicted molar refractivity (Wildman–Crippen MR) is 119 cm³/mol. The molecule has 1 fully saturated rings. The van der Waals surface area contributed by atoms with E-state index < -0.39 is 0 Å². The number of benzene rings is 2. The minimum atomic E-state index is -0.335. The van der Waals surface area contributed by atoms with Gasteiger partial charge in [0.1, 0.15) is 11.6 Å². The van der Waals surface area contributed by atoms with E-state index in [2.05, 4.69) is 32.7 Å². The van der Waals surface area contributed by atoms with Crippen LogP contribution in [-0.4, -0.2) is 48.3 Å². The highest BCUT2D eigenvalue weighted by Gasteiger charge is 2.21. The van der Waals surface area contributed by atoms with Gasteiger partial charge < -0.3 is 20.1 Å². The first-order valence-corrected chi connectivity index (χ1v) is 10.5. The number of anilines is 1. The normalized spacial score (nSPS) is 16.3. The van der Waals surface area contributed by atoms with Crippen molar-refractivity contribution < 1.29 is 18.7 Å². The lowest BCUT2D eigenvalue weighted by atomic mass is 10.2. The number of nitrogens with one attached hydrogen (secondary N) is 2. The molecule has 0 bridgehead atoms. The van der Waals surface area contributed by atoms with Gasteiger partial charge in [0.25, 0.3) is 0 Å². The summed E-state index contributed by atoms with van der Waals surface area (Å²) in [4.78, 5) is 18.7. The molecule has 8 heteroatoms. The van der Waals surface area contributed by atoms with Crippen molar-refractivity contribution in [1.82, 2.24) is 15.2 Å². The Bertz CT molecular complexity index is 1000. The van der Waals surface area contributed by atoms with Crippen LogP contribution in [0.1, 0.15) is 5.56 Å². The van der Waals surface area contributed by atoms with E-state index in [4.69, 9.17) is 9.47 Å². The van der Waals surface area contributed by atoms with Crippen molar-refractivity contribution in [3.8, 4) is 11.6 Å². The third-order valence-corrected chi connectivity index (χ3v) is 4.99. The van der Waals surface area contributed by atoms with Crippen LogP contribution in [0.3, 0.4) is 0 Å². The number of pyridine rings is 1. The molecule has 1 atom stereocenters. The number of morpholine rings is 1. The lowest BCUT2D eigenvalue weighted by Crippen LogP contribution is -2.47. The molecule has 0 saturated carbocycles. The van der Waals surface area contributed by atoms with E-state index in [1.165, 1.54) is 36.0 Å². The Kier molecular flexibility index (Phi) is 7.27. The van der Waals surface area contributed by atoms with Crippen LogP contribution in [0, 0.1) is 5.82 Å². The van der Waals surface area contributed by atoms with E-state index in [0.717, 1.165) is 19.6 Å². The topological polar surface area (TPSA) is 75.7 Å². The molecule has 0 unspecified atom stereocenters. The monoisotopic (exact) mass is 436 g/mol. The fraction of sp³-hybridized carbons (Fsp3) is 0.250. The van der Waals surface area contributed by atoms with Gasteiger partial charge in [0.15, 0.2) is 0 Å². The van der Waals surface area contributed by atoms with E-state index in [0.29, 0.717) is 30.5 Å². The quantitative estimate of drug-likeness (QED) is 0.585. The number of amides is 2. The molecule has 0 radical (unpaired) electrons. The summed E-state index contributed by atoms with van der Waals surface area (Å²) in [6.07, 6.45) is 1.43. The summed E-state index contributed by atoms with van der Waals surface area (Å²) < 4.78 is 24.3. The standard InChI is InChI=1S/C24H25FN4O3/c25-19-6-9-21(10-7-19)32-23-11-8-20(14-26-23)28-24(30)27-15-22-17-29(12-13-31-22)16-18-4-2-1-3-5-18/h1-11,14,22H,12-13,15-17H2,(H2,27,28,30)/t22-/m0/s1. The van der Waals surface area contributed by atoms with Crippen molar-refractivity contribution in [3.05, 3.63) is 84.3 Å². The summed E-state index contributed by atoms with van der Waals surface area (Å²) in [6.45, 7) is 3.54. The molecule has 3 aromatic rings. The van der Waals surface area contributed by atoms with Crippen molar-refractivity contribution in [2.24, 2.45) is 0 Å². The molecule has 0 aliphatic carbocycles. The maximum Gasteiger partial charge on any atom is 0.319 e. The lowest BCUT2D eigenvalue weighted by molar-refractivity contribution is -0.0285. The van der Waals surface area contributed by atoms with Gasteiger partial charge in [-0.3, -0.25) is 4.90 Å². The van der Waals surface area contributed by atoms with Gasteiger partial charge in [0.05, 0.1) is 24.6 Å². The minimum absolute atomic E-state index is 0.0668. The van der Waals surface area contributed by atoms with Crippen molar-refractivity contribution >= 4 is 11.7 Å². The van der Waals surface area contributed by atoms with Crippen LogP contribution in [-0.2, 0) is 11.3 Å². The minimum Gasteiger partial charge on any atom is -0.439 e. The SMILES string of the molecule is O=C(NC[C@H]1CN(Cc2ccccc2)CCO1)Nc1ccc(Oc2ccc(F)cc2)nc1. The average molecular weight is 436 g/mol. The number of carbonyl (C=O) groups excluding carboxylic acids is 1. The number of rotatable bonds is 7. The molecule has 32 heavy (non-hydrogen) atoms. The Morgan fingerprint density at radius 2 is 1.94 bits per heavy atom. The fourth-order valence-electron chi connectivity index (χ4n) is 3.41. The van der Waals surface area contributed by atoms with Gasteiger partial charge in [-0.1, -0.05) is 30.3 Å². The molecule has 166 valence electrons. The third-order valence-electron chi connectivity index (χ3n) is 4.99. The zero-order valence-corrected chi connectivity index (χ0v) is 17.5. The number of hydrogen-bond donors (Lipinski definition) is 2. The van der Waals surface area contributed by atoms with Crippen LogP contribution in [0.2, 0.25) is 0 Å². The van der Waals surface area contributed by atoms with E-state index >= 15 is 0 Å². The molecule has 2 aromatic carbocycles. The molecular weight excluding hydrogens is 411 g/mol. The highest BCUT2D eigenvalue weighted by atomic mass is 19.1. The second-order valence-corrected chi connectivity index (χ2v) is 7.49. The summed E-state index contributed by atoms with van der Waals surface area (Å²) in [5.41, 5.74) is 1.79. The van der Waals surface area contributed by atoms with Gasteiger partial charge in [0, 0.05) is 32.2 Å². The number of urea groups is 1. The molecule has 1 aliphatic heterocycles. The maximum atomic E-state index is 13.0. The van der Waals surface area contributed by atoms with E-state index in [1.54, 1.807) is 12.1 Å². The Hall–Kier alpha value is -3.49. The average Bonchev–Trinajstić information content (AvgIpc) is 2.81. The summed E-state index contributed by atoms with van der Waals surface area (Å²) in [6, 6.07) is 19.0. The predicted octanol–water partition coefficient (Wildman–Crippen LogP) is 4.04. The number of carbonyl (C=O) groups is 1. The molecule has 4 rings (SSSR count). The van der Waals surface area contributed by atoms with Gasteiger partial charge in [-0.2, -0.15) is 0 Å². The first kappa shape index (κ1) is 21.7. The van der Waals surface area contributed by atoms with Gasteiger partial charge in [0.2, 0.25) is 5.88 Å². The summed E-state index contributed by atoms with van der Waals surface area (Å²) in [5.74, 6) is 0.487. The number of halogens is 1. The van der Waals surface area contributed by atoms with Crippen molar-refractivity contribution in [2.45, 2.75) is 12.6 Å². The first-order chi connectivity index (χ1) is 15.6. The fourth-order valence-corrected chi connectivity index (χ4v) is 3.41. The summed E-state index contributed by atoms with van der Waals surface area (Å²) in [5, 5.41) is 5.59. The summed E-state index contributed by atoms with van der Waals surface area (Å²) in [7, 11) is 0. The van der Waals surface area contributed by atoms with Crippen LogP contribution < -0.4 is 15.4 Å². The number of aromatic nitrogens is 1. The highest BCUT2D eigenvalue weighted by molar-refractivity contribution is 5.89. The molecule has 1 aliphatic rings. The van der Waals surface area contributed by atoms with E-state index in [9.17, 15) is 9.18 Å². The molecular formula is C24H25FN4O3. The smallest absolute Gasteiger partial charge is 0.319 e. The molecule has 2 heterocycles. The van der Waals surface area contributed by atoms with Crippen LogP contribution in [0.25, 0.3) is 0 Å². The zero-order valence-electron chi connectivity index (χ0n) is 17.5. The highest BCUT2D eigenvalue weighted by Crippen LogP contribution is 2.20. The maximum absolute atomic E-state index is 13.0. The van der Waals surface area contributed by atoms with Crippen LogP contribution >= 0.6 is 0 Å². The number of hydrogen-bond acceptors (Lipinski definition) is 5. The van der Waals surface area contributed by atoms with Crippen molar-refractivity contribution in [2.75, 3.05) is 31.6 Å². The molecule has 2 amide bonds. The third kappa shape index (κ3) is 6.50. The summed E-state index contributed by atoms with van der Waals surface area (Å²) >= 11 is 0. The first-order valence-electron chi connectivity index (χ1n) is 10.5. The number of ether oxygens (including phenoxy) is 2. The molecule has 0 spiro atoms. The molecule has 1 saturated heterocycles. The van der Waals surface area contributed by atoms with Crippen LogP contribution in [0.15, 0.2) is 72.9 Å². The van der Waals surface area contributed by atoms with E-state index in [-0.39, 0.29) is 18.0 Å². The second-order valence-electron chi connectivity index (χ2n) is 7.49. The van der Waals surface area contributed by atoms with Gasteiger partial charge in [-0.05, 0) is 35.9 Å². The zero-order chi connectivity index (χ0) is 22.2. The molecule has 1 aromatic heterocycles. The Labute approximate surface area is 186 Å². The van der Waals surface area contributed by atoms with Gasteiger partial charge >= 0.3 is 6.03 Å². The Balaban J connectivity index is 1.21. The van der Waals surface area contributed by atoms with Crippen LogP contribution in [0.5, 0.6) is 11.6 Å². The lowest BCUT2D eigenvalue weighted by Gasteiger charge is -2.33. The Morgan fingerprint density at radius 3 is 2.69 bits per heavy atom. The van der Waals surface area contributed by atoms with Crippen LogP contribution in [0.4, 0.5) is 14.9 Å². The van der Waals surface area contributed by atoms with Gasteiger partial charge in [-0.15, -0.1) is 0 Å². The van der Waals surface area contributed by atoms with Crippen molar-refractivity contribution in [3.63, 3.8) is 0 Å². The largest absolute Gasteiger partial charge is 0.439 e. The second kappa shape index (κ2) is 10.7. The van der Waals surface area contributed by atoms with Crippen molar-refractivity contribution in [1.29, 1.82) is 0 Å². The Morgan fingerprint density at radius 1 is 1.12 bits per heavy atom. The van der Waals surface area contributed by atoms with Gasteiger partial charge in [-0.25, -0.2) is 14.2 Å². The molecule has 7 nitrogen and oxygen atoms in total. The molecule has 2 N–H and O–H groups in total. The van der Waals surface area contributed by atoms with E-state index in [1.807, 2.05) is 18.2 Å².